The van der Waals surface area contributed by atoms with Gasteiger partial charge in [-0.2, -0.15) is 10.5 Å². The van der Waals surface area contributed by atoms with E-state index in [1.807, 2.05) is 41.3 Å². The molecular weight excluding hydrogens is 420 g/mol. The molecule has 0 aromatic heterocycles. The predicted octanol–water partition coefficient (Wildman–Crippen LogP) is 4.78. The molecule has 0 radical (unpaired) electrons. The summed E-state index contributed by atoms with van der Waals surface area (Å²) in [6, 6.07) is 29.5. The van der Waals surface area contributed by atoms with E-state index in [2.05, 4.69) is 35.2 Å². The Kier molecular flexibility index (Phi) is 7.71. The predicted molar refractivity (Wildman–Crippen MR) is 132 cm³/mol. The summed E-state index contributed by atoms with van der Waals surface area (Å²) in [5.74, 6) is -0.00629. The molecule has 3 aromatic carbocycles. The van der Waals surface area contributed by atoms with Crippen LogP contribution in [0.15, 0.2) is 78.9 Å². The number of hydrogen-bond acceptors (Lipinski definition) is 4. The van der Waals surface area contributed by atoms with Gasteiger partial charge in [0.2, 0.25) is 0 Å². The van der Waals surface area contributed by atoms with E-state index in [1.165, 1.54) is 5.56 Å². The topological polar surface area (TPSA) is 71.1 Å². The van der Waals surface area contributed by atoms with Crippen LogP contribution in [0.5, 0.6) is 0 Å². The zero-order chi connectivity index (χ0) is 23.8. The van der Waals surface area contributed by atoms with Crippen LogP contribution in [0.1, 0.15) is 45.5 Å². The van der Waals surface area contributed by atoms with Gasteiger partial charge in [0.1, 0.15) is 0 Å². The van der Waals surface area contributed by atoms with Crippen molar-refractivity contribution in [3.63, 3.8) is 0 Å². The first kappa shape index (κ1) is 23.2. The summed E-state index contributed by atoms with van der Waals surface area (Å²) in [6.45, 7) is 3.25. The SMILES string of the molecule is N#Cc1cccc(CN2CCC(N(CCc3ccccc3)C(=O)c3cccc(C#N)c3)CC2)c1. The van der Waals surface area contributed by atoms with Gasteiger partial charge in [0.05, 0.1) is 23.3 Å². The largest absolute Gasteiger partial charge is 0.335 e. The molecule has 0 unspecified atom stereocenters. The van der Waals surface area contributed by atoms with Crippen molar-refractivity contribution in [1.29, 1.82) is 10.5 Å². The van der Waals surface area contributed by atoms with Crippen molar-refractivity contribution >= 4 is 5.91 Å². The fraction of sp³-hybridized carbons (Fsp3) is 0.276. The minimum absolute atomic E-state index is 0.00629. The third kappa shape index (κ3) is 5.90. The lowest BCUT2D eigenvalue weighted by molar-refractivity contribution is 0.0568. The standard InChI is InChI=1S/C29H28N4O/c30-20-24-8-4-10-26(18-24)22-32-15-13-28(14-16-32)33(17-12-23-6-2-1-3-7-23)29(34)27-11-5-9-25(19-27)21-31/h1-11,18-19,28H,12-17,22H2. The van der Waals surface area contributed by atoms with Crippen LogP contribution in [-0.2, 0) is 13.0 Å². The number of nitriles is 2. The maximum Gasteiger partial charge on any atom is 0.254 e. The summed E-state index contributed by atoms with van der Waals surface area (Å²) < 4.78 is 0. The maximum absolute atomic E-state index is 13.5. The van der Waals surface area contributed by atoms with Crippen LogP contribution in [0, 0.1) is 22.7 Å². The molecule has 1 aliphatic rings. The number of benzene rings is 3. The Labute approximate surface area is 201 Å². The molecule has 0 saturated carbocycles. The highest BCUT2D eigenvalue weighted by Gasteiger charge is 2.28. The minimum Gasteiger partial charge on any atom is -0.335 e. The summed E-state index contributed by atoms with van der Waals surface area (Å²) in [4.78, 5) is 18.0. The van der Waals surface area contributed by atoms with Crippen molar-refractivity contribution < 1.29 is 4.79 Å². The van der Waals surface area contributed by atoms with E-state index in [9.17, 15) is 10.1 Å². The Hall–Kier alpha value is -3.93. The second kappa shape index (κ2) is 11.3. The number of hydrogen-bond donors (Lipinski definition) is 0. The van der Waals surface area contributed by atoms with Crippen LogP contribution < -0.4 is 0 Å². The molecule has 1 aliphatic heterocycles. The molecule has 5 nitrogen and oxygen atoms in total. The van der Waals surface area contributed by atoms with Gasteiger partial charge in [-0.1, -0.05) is 48.5 Å². The average molecular weight is 449 g/mol. The molecule has 0 spiro atoms. The molecule has 1 saturated heterocycles. The first-order valence-corrected chi connectivity index (χ1v) is 11.7. The molecule has 0 aliphatic carbocycles. The van der Waals surface area contributed by atoms with Crippen LogP contribution in [-0.4, -0.2) is 41.4 Å². The summed E-state index contributed by atoms with van der Waals surface area (Å²) in [7, 11) is 0. The molecule has 0 atom stereocenters. The summed E-state index contributed by atoms with van der Waals surface area (Å²) in [6.07, 6.45) is 2.60. The second-order valence-electron chi connectivity index (χ2n) is 8.75. The molecular formula is C29H28N4O. The lowest BCUT2D eigenvalue weighted by Gasteiger charge is -2.39. The van der Waals surface area contributed by atoms with Gasteiger partial charge in [-0.15, -0.1) is 0 Å². The highest BCUT2D eigenvalue weighted by molar-refractivity contribution is 5.94. The normalized spacial score (nSPS) is 14.2. The number of carbonyl (C=O) groups is 1. The molecule has 34 heavy (non-hydrogen) atoms. The van der Waals surface area contributed by atoms with Crippen molar-refractivity contribution in [2.75, 3.05) is 19.6 Å². The average Bonchev–Trinajstić information content (AvgIpc) is 2.90. The molecule has 1 heterocycles. The molecule has 1 fully saturated rings. The summed E-state index contributed by atoms with van der Waals surface area (Å²) in [5, 5.41) is 18.4. The van der Waals surface area contributed by atoms with Crippen molar-refractivity contribution in [2.24, 2.45) is 0 Å². The number of likely N-dealkylation sites (tertiary alicyclic amines) is 1. The van der Waals surface area contributed by atoms with E-state index in [0.717, 1.165) is 44.5 Å². The number of rotatable bonds is 7. The van der Waals surface area contributed by atoms with E-state index in [0.29, 0.717) is 23.2 Å². The fourth-order valence-electron chi connectivity index (χ4n) is 4.62. The highest BCUT2D eigenvalue weighted by atomic mass is 16.2. The van der Waals surface area contributed by atoms with Gasteiger partial charge < -0.3 is 4.90 Å². The quantitative estimate of drug-likeness (QED) is 0.522. The van der Waals surface area contributed by atoms with E-state index in [1.54, 1.807) is 24.3 Å². The lowest BCUT2D eigenvalue weighted by Crippen LogP contribution is -2.48. The zero-order valence-corrected chi connectivity index (χ0v) is 19.2. The molecule has 4 rings (SSSR count). The molecule has 0 bridgehead atoms. The van der Waals surface area contributed by atoms with E-state index >= 15 is 0 Å². The van der Waals surface area contributed by atoms with Crippen LogP contribution in [0.4, 0.5) is 0 Å². The van der Waals surface area contributed by atoms with Crippen LogP contribution in [0.3, 0.4) is 0 Å². The number of amides is 1. The Bertz CT molecular complexity index is 1200. The summed E-state index contributed by atoms with van der Waals surface area (Å²) >= 11 is 0. The van der Waals surface area contributed by atoms with Gasteiger partial charge in [-0.05, 0) is 60.7 Å². The Morgan fingerprint density at radius 2 is 1.50 bits per heavy atom. The number of piperidine rings is 1. The minimum atomic E-state index is -0.00629. The van der Waals surface area contributed by atoms with Gasteiger partial charge in [-0.25, -0.2) is 0 Å². The van der Waals surface area contributed by atoms with Gasteiger partial charge in [0.15, 0.2) is 0 Å². The summed E-state index contributed by atoms with van der Waals surface area (Å²) in [5.41, 5.74) is 4.11. The third-order valence-electron chi connectivity index (χ3n) is 6.44. The zero-order valence-electron chi connectivity index (χ0n) is 19.2. The van der Waals surface area contributed by atoms with Crippen LogP contribution in [0.25, 0.3) is 0 Å². The molecule has 1 amide bonds. The highest BCUT2D eigenvalue weighted by Crippen LogP contribution is 2.22. The van der Waals surface area contributed by atoms with E-state index in [-0.39, 0.29) is 11.9 Å². The first-order valence-electron chi connectivity index (χ1n) is 11.7. The first-order chi connectivity index (χ1) is 16.7. The van der Waals surface area contributed by atoms with E-state index in [4.69, 9.17) is 5.26 Å². The molecule has 170 valence electrons. The van der Waals surface area contributed by atoms with Gasteiger partial charge >= 0.3 is 0 Å². The smallest absolute Gasteiger partial charge is 0.254 e. The monoisotopic (exact) mass is 448 g/mol. The molecule has 3 aromatic rings. The van der Waals surface area contributed by atoms with Crippen LogP contribution in [0.2, 0.25) is 0 Å². The van der Waals surface area contributed by atoms with Crippen molar-refractivity contribution in [2.45, 2.75) is 31.8 Å². The van der Waals surface area contributed by atoms with E-state index < -0.39 is 0 Å². The van der Waals surface area contributed by atoms with Crippen molar-refractivity contribution in [3.8, 4) is 12.1 Å². The molecule has 0 N–H and O–H groups in total. The molecule has 5 heteroatoms. The van der Waals surface area contributed by atoms with Gasteiger partial charge in [0, 0.05) is 37.8 Å². The Morgan fingerprint density at radius 3 is 2.21 bits per heavy atom. The van der Waals surface area contributed by atoms with Crippen LogP contribution >= 0.6 is 0 Å². The second-order valence-corrected chi connectivity index (χ2v) is 8.75. The van der Waals surface area contributed by atoms with Gasteiger partial charge in [-0.3, -0.25) is 9.69 Å². The fourth-order valence-corrected chi connectivity index (χ4v) is 4.62. The number of nitrogens with zero attached hydrogens (tertiary/aromatic N) is 4. The van der Waals surface area contributed by atoms with Crippen molar-refractivity contribution in [3.05, 3.63) is 107 Å². The van der Waals surface area contributed by atoms with Gasteiger partial charge in [0.25, 0.3) is 5.91 Å². The maximum atomic E-state index is 13.5. The number of carbonyl (C=O) groups excluding carboxylic acids is 1. The third-order valence-corrected chi connectivity index (χ3v) is 6.44. The Morgan fingerprint density at radius 1 is 0.853 bits per heavy atom. The lowest BCUT2D eigenvalue weighted by atomic mass is 9.99. The van der Waals surface area contributed by atoms with Crippen molar-refractivity contribution in [1.82, 2.24) is 9.80 Å². The Balaban J connectivity index is 1.45.